The molecule has 1 aliphatic rings. The maximum Gasteiger partial charge on any atom is 0.263 e. The Bertz CT molecular complexity index is 934. The highest BCUT2D eigenvalue weighted by atomic mass is 32.2. The van der Waals surface area contributed by atoms with Crippen LogP contribution >= 0.6 is 23.1 Å². The molecule has 0 bridgehead atoms. The van der Waals surface area contributed by atoms with E-state index in [-0.39, 0.29) is 22.8 Å². The first-order valence-corrected chi connectivity index (χ1v) is 12.3. The first-order valence-electron chi connectivity index (χ1n) is 10.6. The summed E-state index contributed by atoms with van der Waals surface area (Å²) in [7, 11) is 0. The molecule has 3 heterocycles. The third kappa shape index (κ3) is 5.43. The standard InChI is InChI=1S/C21H31N3O4S2/c1-5-27-10-7-9-24-20(26)17-13(2)14(3)29-19(17)23-21(24)30-15(4)18(25)22-12-16-8-6-11-28-16/h15-16H,5-12H2,1-4H3,(H,22,25)/t15-,16-/m1/s1. The maximum atomic E-state index is 13.3. The molecular weight excluding hydrogens is 422 g/mol. The van der Waals surface area contributed by atoms with E-state index in [0.717, 1.165) is 41.1 Å². The predicted molar refractivity (Wildman–Crippen MR) is 122 cm³/mol. The van der Waals surface area contributed by atoms with E-state index in [0.29, 0.717) is 36.8 Å². The highest BCUT2D eigenvalue weighted by Gasteiger charge is 2.23. The smallest absolute Gasteiger partial charge is 0.263 e. The Morgan fingerprint density at radius 1 is 1.47 bits per heavy atom. The lowest BCUT2D eigenvalue weighted by Gasteiger charge is -2.17. The van der Waals surface area contributed by atoms with E-state index in [1.165, 1.54) is 23.1 Å². The molecule has 2 aromatic heterocycles. The summed E-state index contributed by atoms with van der Waals surface area (Å²) >= 11 is 2.86. The van der Waals surface area contributed by atoms with Gasteiger partial charge in [-0.15, -0.1) is 11.3 Å². The Morgan fingerprint density at radius 3 is 2.97 bits per heavy atom. The van der Waals surface area contributed by atoms with E-state index in [1.807, 2.05) is 27.7 Å². The van der Waals surface area contributed by atoms with Gasteiger partial charge in [-0.2, -0.15) is 0 Å². The third-order valence-electron chi connectivity index (χ3n) is 5.31. The minimum Gasteiger partial charge on any atom is -0.382 e. The molecule has 166 valence electrons. The molecule has 0 spiro atoms. The number of nitrogens with one attached hydrogen (secondary N) is 1. The SMILES string of the molecule is CCOCCCn1c(S[C@H](C)C(=O)NC[C@H]2CCCO2)nc2sc(C)c(C)c2c1=O. The molecule has 0 unspecified atom stereocenters. The topological polar surface area (TPSA) is 82.4 Å². The van der Waals surface area contributed by atoms with Crippen molar-refractivity contribution < 1.29 is 14.3 Å². The number of thiophene rings is 1. The summed E-state index contributed by atoms with van der Waals surface area (Å²) in [6.07, 6.45) is 2.85. The highest BCUT2D eigenvalue weighted by Crippen LogP contribution is 2.29. The lowest BCUT2D eigenvalue weighted by molar-refractivity contribution is -0.120. The number of aryl methyl sites for hydroxylation is 2. The quantitative estimate of drug-likeness (QED) is 0.338. The van der Waals surface area contributed by atoms with Gasteiger partial charge in [-0.25, -0.2) is 4.98 Å². The van der Waals surface area contributed by atoms with E-state index in [2.05, 4.69) is 5.32 Å². The fraction of sp³-hybridized carbons (Fsp3) is 0.667. The molecule has 2 aromatic rings. The van der Waals surface area contributed by atoms with Gasteiger partial charge >= 0.3 is 0 Å². The van der Waals surface area contributed by atoms with Crippen molar-refractivity contribution in [3.63, 3.8) is 0 Å². The van der Waals surface area contributed by atoms with Crippen molar-refractivity contribution in [2.45, 2.75) is 70.0 Å². The monoisotopic (exact) mass is 453 g/mol. The Hall–Kier alpha value is -1.42. The van der Waals surface area contributed by atoms with Crippen LogP contribution in [-0.4, -0.2) is 53.2 Å². The molecule has 0 aromatic carbocycles. The van der Waals surface area contributed by atoms with Crippen LogP contribution in [0, 0.1) is 13.8 Å². The molecule has 1 aliphatic heterocycles. The number of carbonyl (C=O) groups excluding carboxylic acids is 1. The number of hydrogen-bond donors (Lipinski definition) is 1. The van der Waals surface area contributed by atoms with Gasteiger partial charge in [0, 0.05) is 37.8 Å². The van der Waals surface area contributed by atoms with E-state index in [9.17, 15) is 9.59 Å². The van der Waals surface area contributed by atoms with E-state index in [4.69, 9.17) is 14.5 Å². The summed E-state index contributed by atoms with van der Waals surface area (Å²) in [5.41, 5.74) is 0.956. The van der Waals surface area contributed by atoms with E-state index in [1.54, 1.807) is 4.57 Å². The summed E-state index contributed by atoms with van der Waals surface area (Å²) in [6.45, 7) is 10.8. The number of rotatable bonds is 10. The number of hydrogen-bond acceptors (Lipinski definition) is 7. The number of ether oxygens (including phenoxy) is 2. The van der Waals surface area contributed by atoms with Crippen molar-refractivity contribution in [3.8, 4) is 0 Å². The zero-order valence-electron chi connectivity index (χ0n) is 18.2. The summed E-state index contributed by atoms with van der Waals surface area (Å²) < 4.78 is 12.7. The fourth-order valence-electron chi connectivity index (χ4n) is 3.44. The Balaban J connectivity index is 1.79. The molecule has 1 amide bonds. The molecule has 1 fully saturated rings. The van der Waals surface area contributed by atoms with Crippen LogP contribution < -0.4 is 10.9 Å². The molecule has 1 N–H and O–H groups in total. The van der Waals surface area contributed by atoms with Crippen molar-refractivity contribution >= 4 is 39.2 Å². The average Bonchev–Trinajstić information content (AvgIpc) is 3.33. The largest absolute Gasteiger partial charge is 0.382 e. The lowest BCUT2D eigenvalue weighted by atomic mass is 10.2. The molecular formula is C21H31N3O4S2. The van der Waals surface area contributed by atoms with Crippen LogP contribution in [-0.2, 0) is 20.8 Å². The van der Waals surface area contributed by atoms with Crippen LogP contribution in [0.1, 0.15) is 43.6 Å². The Kier molecular flexibility index (Phi) is 8.33. The van der Waals surface area contributed by atoms with Gasteiger partial charge in [-0.05, 0) is 52.5 Å². The third-order valence-corrected chi connectivity index (χ3v) is 7.50. The van der Waals surface area contributed by atoms with Crippen LogP contribution in [0.2, 0.25) is 0 Å². The molecule has 0 radical (unpaired) electrons. The van der Waals surface area contributed by atoms with Gasteiger partial charge in [0.05, 0.1) is 16.7 Å². The average molecular weight is 454 g/mol. The molecule has 0 saturated carbocycles. The van der Waals surface area contributed by atoms with Gasteiger partial charge in [-0.1, -0.05) is 11.8 Å². The second-order valence-electron chi connectivity index (χ2n) is 7.51. The van der Waals surface area contributed by atoms with Gasteiger partial charge in [-0.3, -0.25) is 14.2 Å². The summed E-state index contributed by atoms with van der Waals surface area (Å²) in [4.78, 5) is 32.5. The first kappa shape index (κ1) is 23.2. The molecule has 0 aliphatic carbocycles. The number of thioether (sulfide) groups is 1. The van der Waals surface area contributed by atoms with Crippen molar-refractivity contribution in [3.05, 3.63) is 20.8 Å². The number of nitrogens with zero attached hydrogens (tertiary/aromatic N) is 2. The molecule has 30 heavy (non-hydrogen) atoms. The Labute approximate surface area is 185 Å². The normalized spacial score (nSPS) is 17.5. The second-order valence-corrected chi connectivity index (χ2v) is 10.0. The molecule has 1 saturated heterocycles. The fourth-order valence-corrected chi connectivity index (χ4v) is 5.47. The number of carbonyl (C=O) groups is 1. The van der Waals surface area contributed by atoms with Crippen molar-refractivity contribution in [1.82, 2.24) is 14.9 Å². The Morgan fingerprint density at radius 2 is 2.27 bits per heavy atom. The highest BCUT2D eigenvalue weighted by molar-refractivity contribution is 8.00. The minimum absolute atomic E-state index is 0.0344. The van der Waals surface area contributed by atoms with Gasteiger partial charge in [0.15, 0.2) is 5.16 Å². The van der Waals surface area contributed by atoms with Crippen molar-refractivity contribution in [1.29, 1.82) is 0 Å². The summed E-state index contributed by atoms with van der Waals surface area (Å²) in [5, 5.41) is 3.88. The van der Waals surface area contributed by atoms with Gasteiger partial charge in [0.25, 0.3) is 5.56 Å². The summed E-state index contributed by atoms with van der Waals surface area (Å²) in [5.74, 6) is -0.0655. The lowest BCUT2D eigenvalue weighted by Crippen LogP contribution is -2.37. The first-order chi connectivity index (χ1) is 14.4. The number of aromatic nitrogens is 2. The number of amides is 1. The van der Waals surface area contributed by atoms with Gasteiger partial charge < -0.3 is 14.8 Å². The zero-order chi connectivity index (χ0) is 21.7. The second kappa shape index (κ2) is 10.7. The van der Waals surface area contributed by atoms with E-state index >= 15 is 0 Å². The van der Waals surface area contributed by atoms with Crippen LogP contribution in [0.25, 0.3) is 10.2 Å². The summed E-state index contributed by atoms with van der Waals surface area (Å²) in [6, 6.07) is 0. The minimum atomic E-state index is -0.365. The van der Waals surface area contributed by atoms with Crippen LogP contribution in [0.15, 0.2) is 9.95 Å². The molecule has 9 heteroatoms. The molecule has 7 nitrogen and oxygen atoms in total. The molecule has 3 rings (SSSR count). The van der Waals surface area contributed by atoms with Gasteiger partial charge in [0.1, 0.15) is 4.83 Å². The molecule has 2 atom stereocenters. The van der Waals surface area contributed by atoms with Crippen molar-refractivity contribution in [2.24, 2.45) is 0 Å². The van der Waals surface area contributed by atoms with Crippen molar-refractivity contribution in [2.75, 3.05) is 26.4 Å². The number of fused-ring (bicyclic) bond motifs is 1. The zero-order valence-corrected chi connectivity index (χ0v) is 19.8. The maximum absolute atomic E-state index is 13.3. The van der Waals surface area contributed by atoms with Crippen LogP contribution in [0.4, 0.5) is 0 Å². The van der Waals surface area contributed by atoms with E-state index < -0.39 is 0 Å². The van der Waals surface area contributed by atoms with Crippen LogP contribution in [0.3, 0.4) is 0 Å². The van der Waals surface area contributed by atoms with Crippen LogP contribution in [0.5, 0.6) is 0 Å². The predicted octanol–water partition coefficient (Wildman–Crippen LogP) is 3.28. The van der Waals surface area contributed by atoms with Gasteiger partial charge in [0.2, 0.25) is 5.91 Å².